The van der Waals surface area contributed by atoms with Gasteiger partial charge in [-0.25, -0.2) is 4.79 Å². The van der Waals surface area contributed by atoms with Crippen molar-refractivity contribution in [3.8, 4) is 11.5 Å². The van der Waals surface area contributed by atoms with Crippen molar-refractivity contribution in [1.82, 2.24) is 20.6 Å². The number of hydrogen-bond donors (Lipinski definition) is 3. The van der Waals surface area contributed by atoms with Gasteiger partial charge in [0.1, 0.15) is 12.2 Å². The third-order valence-electron chi connectivity index (χ3n) is 5.37. The molecule has 1 amide bonds. The number of carboxylic acid groups (broad SMARTS) is 1. The Balaban J connectivity index is 1.48. The van der Waals surface area contributed by atoms with E-state index in [0.717, 1.165) is 12.0 Å². The van der Waals surface area contributed by atoms with Crippen molar-refractivity contribution < 1.29 is 24.2 Å². The molecule has 0 saturated carbocycles. The highest BCUT2D eigenvalue weighted by Gasteiger charge is 2.31. The number of aryl methyl sites for hydroxylation is 1. The van der Waals surface area contributed by atoms with E-state index < -0.39 is 18.0 Å². The number of anilines is 1. The third kappa shape index (κ3) is 5.40. The lowest BCUT2D eigenvalue weighted by molar-refractivity contribution is -0.111. The Hall–Kier alpha value is -4.21. The summed E-state index contributed by atoms with van der Waals surface area (Å²) >= 11 is 0. The van der Waals surface area contributed by atoms with E-state index in [1.165, 1.54) is 43.0 Å². The monoisotopic (exact) mass is 463 g/mol. The highest BCUT2D eigenvalue weighted by Crippen LogP contribution is 2.44. The minimum atomic E-state index is -1.17. The Kier molecular flexibility index (Phi) is 7.16. The van der Waals surface area contributed by atoms with Crippen LogP contribution in [0.5, 0.6) is 11.5 Å². The quantitative estimate of drug-likeness (QED) is 0.322. The van der Waals surface area contributed by atoms with E-state index in [4.69, 9.17) is 9.47 Å². The van der Waals surface area contributed by atoms with Crippen molar-refractivity contribution in [1.29, 1.82) is 0 Å². The topological polar surface area (TPSA) is 139 Å². The number of rotatable bonds is 9. The van der Waals surface area contributed by atoms with Gasteiger partial charge in [-0.2, -0.15) is 5.21 Å². The fraction of sp³-hybridized carbons (Fsp3) is 0.292. The second kappa shape index (κ2) is 10.6. The standard InChI is InChI=1S/C24H25N5O5/c1-2-3-4-5-15-6-8-16(9-7-15)10-13-20(30)25-18-12-11-17(24(31)32)21-22(18)34-19(14-33-21)23-26-28-29-27-23/h6-13,19H,2-5,14H2,1H3,(H,25,30)(H,31,32)(H,26,27,28,29)/b13-10+. The summed E-state index contributed by atoms with van der Waals surface area (Å²) < 4.78 is 11.6. The second-order valence-corrected chi connectivity index (χ2v) is 7.83. The molecule has 1 aromatic heterocycles. The van der Waals surface area contributed by atoms with Crippen LogP contribution in [0, 0.1) is 0 Å². The number of tetrazole rings is 1. The van der Waals surface area contributed by atoms with Gasteiger partial charge in [0.25, 0.3) is 0 Å². The van der Waals surface area contributed by atoms with Gasteiger partial charge in [0.15, 0.2) is 17.6 Å². The van der Waals surface area contributed by atoms with Crippen molar-refractivity contribution in [2.24, 2.45) is 0 Å². The maximum Gasteiger partial charge on any atom is 0.339 e. The average molecular weight is 463 g/mol. The van der Waals surface area contributed by atoms with Gasteiger partial charge in [-0.15, -0.1) is 10.2 Å². The Morgan fingerprint density at radius 3 is 2.71 bits per heavy atom. The molecular weight excluding hydrogens is 438 g/mol. The molecule has 10 heteroatoms. The predicted molar refractivity (Wildman–Crippen MR) is 124 cm³/mol. The van der Waals surface area contributed by atoms with Crippen LogP contribution in [0.2, 0.25) is 0 Å². The number of carbonyl (C=O) groups excluding carboxylic acids is 1. The SMILES string of the molecule is CCCCCc1ccc(/C=C/C(=O)Nc2ccc(C(=O)O)c3c2OC(c2nn[nH]n2)CO3)cc1. The lowest BCUT2D eigenvalue weighted by Gasteiger charge is -2.27. The van der Waals surface area contributed by atoms with Gasteiger partial charge in [-0.3, -0.25) is 4.79 Å². The molecule has 0 spiro atoms. The number of nitrogens with zero attached hydrogens (tertiary/aromatic N) is 3. The van der Waals surface area contributed by atoms with Crippen LogP contribution in [0.1, 0.15) is 59.6 Å². The van der Waals surface area contributed by atoms with E-state index in [1.54, 1.807) is 6.08 Å². The molecule has 2 aromatic carbocycles. The van der Waals surface area contributed by atoms with Gasteiger partial charge in [0.05, 0.1) is 5.69 Å². The van der Waals surface area contributed by atoms with Crippen LogP contribution in [-0.2, 0) is 11.2 Å². The van der Waals surface area contributed by atoms with Crippen molar-refractivity contribution in [2.45, 2.75) is 38.7 Å². The normalized spacial score (nSPS) is 14.8. The van der Waals surface area contributed by atoms with E-state index in [1.807, 2.05) is 12.1 Å². The Morgan fingerprint density at radius 1 is 1.18 bits per heavy atom. The van der Waals surface area contributed by atoms with Crippen LogP contribution < -0.4 is 14.8 Å². The summed E-state index contributed by atoms with van der Waals surface area (Å²) in [6.07, 6.45) is 7.02. The molecule has 0 radical (unpaired) electrons. The largest absolute Gasteiger partial charge is 0.484 e. The molecule has 0 saturated heterocycles. The number of carboxylic acids is 1. The minimum absolute atomic E-state index is 0.00143. The molecule has 0 fully saturated rings. The molecule has 176 valence electrons. The molecule has 2 heterocycles. The predicted octanol–water partition coefficient (Wildman–Crippen LogP) is 3.80. The van der Waals surface area contributed by atoms with E-state index >= 15 is 0 Å². The summed E-state index contributed by atoms with van der Waals surface area (Å²) in [4.78, 5) is 24.2. The molecule has 0 aliphatic carbocycles. The number of nitrogens with one attached hydrogen (secondary N) is 2. The third-order valence-corrected chi connectivity index (χ3v) is 5.37. The molecule has 4 rings (SSSR count). The Bertz CT molecular complexity index is 1180. The van der Waals surface area contributed by atoms with Gasteiger partial charge >= 0.3 is 5.97 Å². The number of carbonyl (C=O) groups is 2. The molecule has 1 atom stereocenters. The number of hydrogen-bond acceptors (Lipinski definition) is 7. The van der Waals surface area contributed by atoms with Gasteiger partial charge in [-0.05, 0) is 42.2 Å². The summed E-state index contributed by atoms with van der Waals surface area (Å²) in [6.45, 7) is 2.18. The highest BCUT2D eigenvalue weighted by molar-refractivity contribution is 6.04. The molecule has 34 heavy (non-hydrogen) atoms. The molecule has 10 nitrogen and oxygen atoms in total. The number of unbranched alkanes of at least 4 members (excludes halogenated alkanes) is 2. The Morgan fingerprint density at radius 2 is 2.00 bits per heavy atom. The lowest BCUT2D eigenvalue weighted by atomic mass is 10.1. The molecule has 3 N–H and O–H groups in total. The van der Waals surface area contributed by atoms with E-state index in [9.17, 15) is 14.7 Å². The first-order valence-electron chi connectivity index (χ1n) is 11.1. The summed E-state index contributed by atoms with van der Waals surface area (Å²) in [5, 5.41) is 25.8. The van der Waals surface area contributed by atoms with Gasteiger partial charge in [0.2, 0.25) is 11.7 Å². The van der Waals surface area contributed by atoms with Crippen molar-refractivity contribution in [3.05, 3.63) is 65.0 Å². The zero-order valence-electron chi connectivity index (χ0n) is 18.7. The number of H-pyrrole nitrogens is 1. The fourth-order valence-electron chi connectivity index (χ4n) is 3.58. The zero-order chi connectivity index (χ0) is 23.9. The lowest BCUT2D eigenvalue weighted by Crippen LogP contribution is -2.25. The van der Waals surface area contributed by atoms with Crippen LogP contribution in [0.15, 0.2) is 42.5 Å². The first-order chi connectivity index (χ1) is 16.5. The minimum Gasteiger partial charge on any atom is -0.484 e. The van der Waals surface area contributed by atoms with Crippen LogP contribution in [0.4, 0.5) is 5.69 Å². The molecule has 3 aromatic rings. The molecular formula is C24H25N5O5. The number of aromatic nitrogens is 4. The molecule has 1 unspecified atom stereocenters. The van der Waals surface area contributed by atoms with Crippen LogP contribution in [0.25, 0.3) is 6.08 Å². The average Bonchev–Trinajstić information content (AvgIpc) is 3.38. The number of amides is 1. The number of ether oxygens (including phenoxy) is 2. The summed E-state index contributed by atoms with van der Waals surface area (Å²) in [6, 6.07) is 10.9. The molecule has 0 bridgehead atoms. The first kappa shape index (κ1) is 23.0. The smallest absolute Gasteiger partial charge is 0.339 e. The summed E-state index contributed by atoms with van der Waals surface area (Å²) in [5.74, 6) is -1.19. The number of fused-ring (bicyclic) bond motifs is 1. The van der Waals surface area contributed by atoms with Crippen LogP contribution in [0.3, 0.4) is 0 Å². The van der Waals surface area contributed by atoms with E-state index in [-0.39, 0.29) is 35.2 Å². The molecule has 1 aliphatic heterocycles. The zero-order valence-corrected chi connectivity index (χ0v) is 18.7. The van der Waals surface area contributed by atoms with Crippen LogP contribution in [-0.4, -0.2) is 44.2 Å². The second-order valence-electron chi connectivity index (χ2n) is 7.83. The maximum atomic E-state index is 12.6. The summed E-state index contributed by atoms with van der Waals surface area (Å²) in [7, 11) is 0. The van der Waals surface area contributed by atoms with Crippen molar-refractivity contribution in [2.75, 3.05) is 11.9 Å². The first-order valence-corrected chi connectivity index (χ1v) is 11.1. The van der Waals surface area contributed by atoms with E-state index in [2.05, 4.69) is 45.0 Å². The Labute approximate surface area is 196 Å². The van der Waals surface area contributed by atoms with Gasteiger partial charge < -0.3 is 19.9 Å². The summed E-state index contributed by atoms with van der Waals surface area (Å²) in [5.41, 5.74) is 2.37. The van der Waals surface area contributed by atoms with Crippen LogP contribution >= 0.6 is 0 Å². The molecule has 1 aliphatic rings. The number of benzene rings is 2. The van der Waals surface area contributed by atoms with Gasteiger partial charge in [0, 0.05) is 6.08 Å². The van der Waals surface area contributed by atoms with Crippen molar-refractivity contribution >= 4 is 23.6 Å². The number of aromatic carboxylic acids is 1. The maximum absolute atomic E-state index is 12.6. The fourth-order valence-corrected chi connectivity index (χ4v) is 3.58. The van der Waals surface area contributed by atoms with E-state index in [0.29, 0.717) is 0 Å². The van der Waals surface area contributed by atoms with Crippen molar-refractivity contribution in [3.63, 3.8) is 0 Å². The number of aromatic amines is 1. The highest BCUT2D eigenvalue weighted by atomic mass is 16.6. The van der Waals surface area contributed by atoms with Gasteiger partial charge in [-0.1, -0.05) is 49.2 Å².